The van der Waals surface area contributed by atoms with Crippen LogP contribution in [0.15, 0.2) is 60.8 Å². The smallest absolute Gasteiger partial charge is 0.270 e. The van der Waals surface area contributed by atoms with Crippen LogP contribution in [0.2, 0.25) is 5.02 Å². The predicted molar refractivity (Wildman–Crippen MR) is 136 cm³/mol. The SMILES string of the molecule is [C-]#[N+]c1ccc(N2C(=O)C(C)(C)N(c3ccc(CNC(=O)c4ccccn4)c(F)c3)C2=S)cc1Cl. The Morgan fingerprint density at radius 2 is 1.94 bits per heavy atom. The van der Waals surface area contributed by atoms with Crippen molar-refractivity contribution < 1.29 is 14.0 Å². The molecule has 0 saturated carbocycles. The number of nitrogens with zero attached hydrogens (tertiary/aromatic N) is 4. The van der Waals surface area contributed by atoms with Crippen molar-refractivity contribution in [2.24, 2.45) is 0 Å². The van der Waals surface area contributed by atoms with Crippen LogP contribution in [-0.2, 0) is 11.3 Å². The monoisotopic (exact) mass is 507 g/mol. The normalized spacial score (nSPS) is 14.7. The number of benzene rings is 2. The van der Waals surface area contributed by atoms with E-state index in [1.54, 1.807) is 49.1 Å². The fourth-order valence-electron chi connectivity index (χ4n) is 3.76. The fraction of sp³-hybridized carbons (Fsp3) is 0.160. The van der Waals surface area contributed by atoms with Crippen molar-refractivity contribution in [3.05, 3.63) is 94.3 Å². The number of hydrogen-bond donors (Lipinski definition) is 1. The first-order valence-corrected chi connectivity index (χ1v) is 11.3. The second-order valence-electron chi connectivity index (χ2n) is 8.24. The Hall–Kier alpha value is -3.87. The lowest BCUT2D eigenvalue weighted by Gasteiger charge is -2.29. The highest BCUT2D eigenvalue weighted by atomic mass is 35.5. The summed E-state index contributed by atoms with van der Waals surface area (Å²) >= 11 is 11.8. The molecule has 1 aliphatic heterocycles. The van der Waals surface area contributed by atoms with Crippen LogP contribution in [0.1, 0.15) is 29.9 Å². The quantitative estimate of drug-likeness (QED) is 0.376. The van der Waals surface area contributed by atoms with Gasteiger partial charge in [0.15, 0.2) is 5.11 Å². The largest absolute Gasteiger partial charge is 0.347 e. The highest BCUT2D eigenvalue weighted by Gasteiger charge is 2.50. The minimum atomic E-state index is -1.11. The van der Waals surface area contributed by atoms with Crippen LogP contribution in [0.25, 0.3) is 4.85 Å². The summed E-state index contributed by atoms with van der Waals surface area (Å²) in [5, 5.41) is 3.00. The van der Waals surface area contributed by atoms with E-state index in [1.807, 2.05) is 0 Å². The van der Waals surface area contributed by atoms with Crippen LogP contribution in [0.5, 0.6) is 0 Å². The number of anilines is 2. The van der Waals surface area contributed by atoms with Crippen molar-refractivity contribution in [3.8, 4) is 0 Å². The van der Waals surface area contributed by atoms with Gasteiger partial charge in [-0.2, -0.15) is 0 Å². The molecule has 1 aromatic heterocycles. The third kappa shape index (κ3) is 4.46. The van der Waals surface area contributed by atoms with E-state index in [4.69, 9.17) is 30.4 Å². The molecule has 35 heavy (non-hydrogen) atoms. The Balaban J connectivity index is 1.58. The van der Waals surface area contributed by atoms with Crippen LogP contribution in [0.3, 0.4) is 0 Å². The molecule has 1 N–H and O–H groups in total. The highest BCUT2D eigenvalue weighted by molar-refractivity contribution is 7.81. The summed E-state index contributed by atoms with van der Waals surface area (Å²) in [6, 6.07) is 14.0. The number of aromatic nitrogens is 1. The van der Waals surface area contributed by atoms with Gasteiger partial charge in [-0.1, -0.05) is 29.8 Å². The Kier molecular flexibility index (Phi) is 6.52. The van der Waals surface area contributed by atoms with Gasteiger partial charge in [-0.25, -0.2) is 9.24 Å². The molecule has 0 radical (unpaired) electrons. The van der Waals surface area contributed by atoms with E-state index in [0.717, 1.165) is 0 Å². The van der Waals surface area contributed by atoms with Gasteiger partial charge in [-0.3, -0.25) is 19.5 Å². The molecule has 0 unspecified atom stereocenters. The average molecular weight is 508 g/mol. The third-order valence-electron chi connectivity index (χ3n) is 5.61. The number of hydrogen-bond acceptors (Lipinski definition) is 4. The summed E-state index contributed by atoms with van der Waals surface area (Å²) in [6.45, 7) is 10.5. The third-order valence-corrected chi connectivity index (χ3v) is 6.28. The number of carbonyl (C=O) groups is 2. The summed E-state index contributed by atoms with van der Waals surface area (Å²) < 4.78 is 15.0. The molecule has 10 heteroatoms. The van der Waals surface area contributed by atoms with Crippen LogP contribution in [0, 0.1) is 12.4 Å². The number of halogens is 2. The molecule has 3 aromatic rings. The van der Waals surface area contributed by atoms with Gasteiger partial charge in [-0.15, -0.1) is 0 Å². The van der Waals surface area contributed by atoms with Crippen molar-refractivity contribution in [2.75, 3.05) is 9.80 Å². The Morgan fingerprint density at radius 3 is 2.57 bits per heavy atom. The van der Waals surface area contributed by atoms with E-state index < -0.39 is 17.3 Å². The van der Waals surface area contributed by atoms with Crippen molar-refractivity contribution in [3.63, 3.8) is 0 Å². The predicted octanol–water partition coefficient (Wildman–Crippen LogP) is 5.27. The first-order valence-electron chi connectivity index (χ1n) is 10.5. The zero-order valence-electron chi connectivity index (χ0n) is 18.8. The second-order valence-corrected chi connectivity index (χ2v) is 9.01. The summed E-state index contributed by atoms with van der Waals surface area (Å²) in [5.74, 6) is -1.29. The molecule has 1 fully saturated rings. The number of carbonyl (C=O) groups excluding carboxylic acids is 2. The van der Waals surface area contributed by atoms with Crippen LogP contribution < -0.4 is 15.1 Å². The van der Waals surface area contributed by atoms with Crippen LogP contribution in [-0.4, -0.2) is 27.4 Å². The molecule has 2 amide bonds. The molecule has 2 heterocycles. The second kappa shape index (κ2) is 9.41. The summed E-state index contributed by atoms with van der Waals surface area (Å²) in [7, 11) is 0. The standard InChI is InChI=1S/C25H19ClFN5O2S/c1-25(2)23(34)31(16-9-10-20(28-3)18(26)12-16)24(35)32(25)17-8-7-15(19(27)13-17)14-30-22(33)21-6-4-5-11-29-21/h4-13H,14H2,1-2H3,(H,30,33). The molecular weight excluding hydrogens is 489 g/mol. The van der Waals surface area contributed by atoms with E-state index in [-0.39, 0.29) is 39.5 Å². The molecule has 0 bridgehead atoms. The molecule has 176 valence electrons. The molecule has 7 nitrogen and oxygen atoms in total. The van der Waals surface area contributed by atoms with Gasteiger partial charge in [0.1, 0.15) is 17.1 Å². The topological polar surface area (TPSA) is 69.9 Å². The Morgan fingerprint density at radius 1 is 1.20 bits per heavy atom. The lowest BCUT2D eigenvalue weighted by Crippen LogP contribution is -2.44. The average Bonchev–Trinajstić information content (AvgIpc) is 3.01. The summed E-state index contributed by atoms with van der Waals surface area (Å²) in [5.41, 5.74) is 0.460. The maximum absolute atomic E-state index is 15.0. The van der Waals surface area contributed by atoms with Crippen molar-refractivity contribution in [1.82, 2.24) is 10.3 Å². The lowest BCUT2D eigenvalue weighted by atomic mass is 10.0. The molecular formula is C25H19ClFN5O2S. The van der Waals surface area contributed by atoms with Gasteiger partial charge in [0.2, 0.25) is 5.69 Å². The molecule has 2 aromatic carbocycles. The zero-order valence-corrected chi connectivity index (χ0v) is 20.3. The molecule has 0 atom stereocenters. The fourth-order valence-corrected chi connectivity index (χ4v) is 4.50. The van der Waals surface area contributed by atoms with Gasteiger partial charge < -0.3 is 10.2 Å². The molecule has 0 aliphatic carbocycles. The van der Waals surface area contributed by atoms with E-state index in [0.29, 0.717) is 11.4 Å². The maximum atomic E-state index is 15.0. The number of thiocarbonyl (C=S) groups is 1. The maximum Gasteiger partial charge on any atom is 0.270 e. The number of pyridine rings is 1. The molecule has 1 saturated heterocycles. The molecule has 1 aliphatic rings. The van der Waals surface area contributed by atoms with Crippen LogP contribution in [0.4, 0.5) is 21.5 Å². The summed E-state index contributed by atoms with van der Waals surface area (Å²) in [6.07, 6.45) is 1.50. The lowest BCUT2D eigenvalue weighted by molar-refractivity contribution is -0.120. The molecule has 4 rings (SSSR count). The van der Waals surface area contributed by atoms with E-state index in [9.17, 15) is 9.59 Å². The van der Waals surface area contributed by atoms with Gasteiger partial charge in [0.05, 0.1) is 12.3 Å². The van der Waals surface area contributed by atoms with Gasteiger partial charge >= 0.3 is 0 Å². The number of rotatable bonds is 5. The summed E-state index contributed by atoms with van der Waals surface area (Å²) in [4.78, 5) is 35.7. The Labute approximate surface area is 212 Å². The number of amides is 2. The van der Waals surface area contributed by atoms with Gasteiger partial charge in [0.25, 0.3) is 11.8 Å². The van der Waals surface area contributed by atoms with Crippen LogP contribution >= 0.6 is 23.8 Å². The van der Waals surface area contributed by atoms with Crippen molar-refractivity contribution >= 4 is 57.8 Å². The Bertz CT molecular complexity index is 1390. The zero-order chi connectivity index (χ0) is 25.3. The van der Waals surface area contributed by atoms with E-state index >= 15 is 4.39 Å². The molecule has 0 spiro atoms. The van der Waals surface area contributed by atoms with Gasteiger partial charge in [-0.05, 0) is 62.5 Å². The van der Waals surface area contributed by atoms with E-state index in [1.165, 1.54) is 35.4 Å². The highest BCUT2D eigenvalue weighted by Crippen LogP contribution is 2.38. The van der Waals surface area contributed by atoms with Gasteiger partial charge in [0, 0.05) is 29.0 Å². The minimum absolute atomic E-state index is 0.0354. The first kappa shape index (κ1) is 24.3. The van der Waals surface area contributed by atoms with Crippen molar-refractivity contribution in [2.45, 2.75) is 25.9 Å². The minimum Gasteiger partial charge on any atom is -0.347 e. The van der Waals surface area contributed by atoms with E-state index in [2.05, 4.69) is 15.1 Å². The van der Waals surface area contributed by atoms with Crippen molar-refractivity contribution in [1.29, 1.82) is 0 Å². The number of nitrogens with one attached hydrogen (secondary N) is 1. The first-order chi connectivity index (χ1) is 16.6.